The second-order valence-corrected chi connectivity index (χ2v) is 6.12. The number of hydrogen-bond acceptors (Lipinski definition) is 4. The van der Waals surface area contributed by atoms with Gasteiger partial charge < -0.3 is 20.7 Å². The summed E-state index contributed by atoms with van der Waals surface area (Å²) in [5.41, 5.74) is 0.677. The highest BCUT2D eigenvalue weighted by Gasteiger charge is 2.09. The van der Waals surface area contributed by atoms with Crippen molar-refractivity contribution in [1.29, 1.82) is 0 Å². The summed E-state index contributed by atoms with van der Waals surface area (Å²) >= 11 is 0. The Balaban J connectivity index is 1.62. The van der Waals surface area contributed by atoms with Crippen LogP contribution in [0.1, 0.15) is 23.7 Å². The number of amides is 1. The van der Waals surface area contributed by atoms with E-state index in [1.54, 1.807) is 0 Å². The Kier molecular flexibility index (Phi) is 9.53. The molecule has 1 fully saturated rings. The third-order valence-electron chi connectivity index (χ3n) is 4.09. The van der Waals surface area contributed by atoms with E-state index in [0.717, 1.165) is 58.3 Å². The quantitative estimate of drug-likeness (QED) is 0.343. The molecule has 0 spiro atoms. The van der Waals surface area contributed by atoms with Crippen molar-refractivity contribution in [2.75, 3.05) is 59.0 Å². The zero-order valence-corrected chi connectivity index (χ0v) is 15.7. The lowest BCUT2D eigenvalue weighted by Gasteiger charge is -2.26. The van der Waals surface area contributed by atoms with Crippen LogP contribution in [0, 0.1) is 0 Å². The van der Waals surface area contributed by atoms with E-state index < -0.39 is 0 Å². The first-order chi connectivity index (χ1) is 12.8. The molecule has 26 heavy (non-hydrogen) atoms. The normalized spacial score (nSPS) is 15.5. The molecule has 1 aliphatic rings. The van der Waals surface area contributed by atoms with Gasteiger partial charge in [0.25, 0.3) is 5.91 Å². The van der Waals surface area contributed by atoms with Gasteiger partial charge in [0.15, 0.2) is 5.96 Å². The van der Waals surface area contributed by atoms with E-state index in [1.165, 1.54) is 0 Å². The van der Waals surface area contributed by atoms with Crippen molar-refractivity contribution in [1.82, 2.24) is 20.9 Å². The van der Waals surface area contributed by atoms with Gasteiger partial charge in [-0.15, -0.1) is 0 Å². The highest BCUT2D eigenvalue weighted by Crippen LogP contribution is 1.98. The van der Waals surface area contributed by atoms with Crippen LogP contribution < -0.4 is 16.0 Å². The number of morpholine rings is 1. The summed E-state index contributed by atoms with van der Waals surface area (Å²) in [6.07, 6.45) is 1.03. The smallest absolute Gasteiger partial charge is 0.251 e. The van der Waals surface area contributed by atoms with Crippen LogP contribution in [-0.2, 0) is 4.74 Å². The van der Waals surface area contributed by atoms with Crippen molar-refractivity contribution < 1.29 is 9.53 Å². The molecule has 0 bridgehead atoms. The maximum atomic E-state index is 12.0. The van der Waals surface area contributed by atoms with Crippen LogP contribution in [0.2, 0.25) is 0 Å². The topological polar surface area (TPSA) is 78.0 Å². The Morgan fingerprint density at radius 2 is 1.85 bits per heavy atom. The fourth-order valence-corrected chi connectivity index (χ4v) is 2.70. The number of aliphatic imine (C=N–C) groups is 1. The van der Waals surface area contributed by atoms with E-state index in [2.05, 4.69) is 25.8 Å². The minimum atomic E-state index is -0.0557. The molecule has 2 rings (SSSR count). The Morgan fingerprint density at radius 1 is 1.12 bits per heavy atom. The number of benzene rings is 1. The minimum absolute atomic E-state index is 0.0557. The Labute approximate surface area is 156 Å². The van der Waals surface area contributed by atoms with Gasteiger partial charge in [-0.1, -0.05) is 18.2 Å². The number of rotatable bonds is 9. The standard InChI is InChI=1S/C19H31N5O2/c1-2-20-19(22-9-6-12-24-13-15-26-16-14-24)23-11-10-21-18(25)17-7-4-3-5-8-17/h3-5,7-8H,2,6,9-16H2,1H3,(H,21,25)(H2,20,22,23). The first-order valence-corrected chi connectivity index (χ1v) is 9.45. The van der Waals surface area contributed by atoms with Crippen molar-refractivity contribution >= 4 is 11.9 Å². The molecule has 3 N–H and O–H groups in total. The fraction of sp³-hybridized carbons (Fsp3) is 0.579. The van der Waals surface area contributed by atoms with E-state index in [-0.39, 0.29) is 5.91 Å². The molecule has 1 aromatic carbocycles. The Morgan fingerprint density at radius 3 is 2.58 bits per heavy atom. The predicted octanol–water partition coefficient (Wildman–Crippen LogP) is 0.694. The summed E-state index contributed by atoms with van der Waals surface area (Å²) < 4.78 is 5.36. The average Bonchev–Trinajstić information content (AvgIpc) is 2.69. The molecule has 1 heterocycles. The van der Waals surface area contributed by atoms with Gasteiger partial charge in [0.2, 0.25) is 0 Å². The Bertz CT molecular complexity index is 544. The molecule has 1 saturated heterocycles. The summed E-state index contributed by atoms with van der Waals surface area (Å²) in [6, 6.07) is 9.24. The summed E-state index contributed by atoms with van der Waals surface area (Å²) in [4.78, 5) is 19.0. The van der Waals surface area contributed by atoms with Crippen LogP contribution in [0.3, 0.4) is 0 Å². The van der Waals surface area contributed by atoms with Crippen molar-refractivity contribution in [3.63, 3.8) is 0 Å². The second-order valence-electron chi connectivity index (χ2n) is 6.12. The van der Waals surface area contributed by atoms with Gasteiger partial charge in [-0.2, -0.15) is 0 Å². The lowest BCUT2D eigenvalue weighted by molar-refractivity contribution is 0.0377. The average molecular weight is 361 g/mol. The first kappa shape index (κ1) is 20.2. The van der Waals surface area contributed by atoms with Crippen LogP contribution in [0.15, 0.2) is 35.3 Å². The number of carbonyl (C=O) groups excluding carboxylic acids is 1. The number of guanidine groups is 1. The van der Waals surface area contributed by atoms with Gasteiger partial charge in [-0.05, 0) is 25.5 Å². The molecule has 0 aromatic heterocycles. The van der Waals surface area contributed by atoms with Gasteiger partial charge >= 0.3 is 0 Å². The number of nitrogens with one attached hydrogen (secondary N) is 3. The zero-order valence-electron chi connectivity index (χ0n) is 15.7. The first-order valence-electron chi connectivity index (χ1n) is 9.45. The SMILES string of the molecule is CCNC(=NCCCN1CCOCC1)NCCNC(=O)c1ccccc1. The van der Waals surface area contributed by atoms with E-state index in [4.69, 9.17) is 4.74 Å². The molecule has 7 nitrogen and oxygen atoms in total. The van der Waals surface area contributed by atoms with Crippen molar-refractivity contribution in [2.45, 2.75) is 13.3 Å². The van der Waals surface area contributed by atoms with Gasteiger partial charge in [0, 0.05) is 51.4 Å². The lowest BCUT2D eigenvalue weighted by Crippen LogP contribution is -2.41. The molecule has 0 unspecified atom stereocenters. The van der Waals surface area contributed by atoms with Gasteiger partial charge in [0.1, 0.15) is 0 Å². The molecule has 1 aromatic rings. The molecular weight excluding hydrogens is 330 g/mol. The molecule has 0 atom stereocenters. The molecule has 0 saturated carbocycles. The lowest BCUT2D eigenvalue weighted by atomic mass is 10.2. The summed E-state index contributed by atoms with van der Waals surface area (Å²) in [6.45, 7) is 9.58. The summed E-state index contributed by atoms with van der Waals surface area (Å²) in [5, 5.41) is 9.39. The van der Waals surface area contributed by atoms with E-state index >= 15 is 0 Å². The van der Waals surface area contributed by atoms with E-state index in [0.29, 0.717) is 18.7 Å². The van der Waals surface area contributed by atoms with Crippen LogP contribution in [0.5, 0.6) is 0 Å². The number of hydrogen-bond donors (Lipinski definition) is 3. The van der Waals surface area contributed by atoms with Crippen LogP contribution in [0.25, 0.3) is 0 Å². The van der Waals surface area contributed by atoms with Crippen LogP contribution in [0.4, 0.5) is 0 Å². The second kappa shape index (κ2) is 12.3. The molecule has 1 aliphatic heterocycles. The molecule has 1 amide bonds. The summed E-state index contributed by atoms with van der Waals surface area (Å²) in [5.74, 6) is 0.739. The maximum Gasteiger partial charge on any atom is 0.251 e. The maximum absolute atomic E-state index is 12.0. The Hall–Kier alpha value is -2.12. The largest absolute Gasteiger partial charge is 0.379 e. The molecule has 7 heteroatoms. The highest BCUT2D eigenvalue weighted by atomic mass is 16.5. The van der Waals surface area contributed by atoms with Gasteiger partial charge in [-0.3, -0.25) is 14.7 Å². The van der Waals surface area contributed by atoms with Crippen molar-refractivity contribution in [3.8, 4) is 0 Å². The fourth-order valence-electron chi connectivity index (χ4n) is 2.70. The van der Waals surface area contributed by atoms with Crippen molar-refractivity contribution in [3.05, 3.63) is 35.9 Å². The van der Waals surface area contributed by atoms with Gasteiger partial charge in [0.05, 0.1) is 13.2 Å². The van der Waals surface area contributed by atoms with E-state index in [1.807, 2.05) is 37.3 Å². The third-order valence-corrected chi connectivity index (χ3v) is 4.09. The van der Waals surface area contributed by atoms with Crippen molar-refractivity contribution in [2.24, 2.45) is 4.99 Å². The van der Waals surface area contributed by atoms with Gasteiger partial charge in [-0.25, -0.2) is 0 Å². The van der Waals surface area contributed by atoms with Crippen LogP contribution in [-0.4, -0.2) is 75.8 Å². The van der Waals surface area contributed by atoms with Crippen LogP contribution >= 0.6 is 0 Å². The number of carbonyl (C=O) groups is 1. The third kappa shape index (κ3) is 7.84. The van der Waals surface area contributed by atoms with E-state index in [9.17, 15) is 4.79 Å². The highest BCUT2D eigenvalue weighted by molar-refractivity contribution is 5.94. The molecular formula is C19H31N5O2. The summed E-state index contributed by atoms with van der Waals surface area (Å²) in [7, 11) is 0. The molecule has 0 aliphatic carbocycles. The number of nitrogens with zero attached hydrogens (tertiary/aromatic N) is 2. The monoisotopic (exact) mass is 361 g/mol. The minimum Gasteiger partial charge on any atom is -0.379 e. The predicted molar refractivity (Wildman–Crippen MR) is 105 cm³/mol. The molecule has 0 radical (unpaired) electrons. The molecule has 144 valence electrons. The zero-order chi connectivity index (χ0) is 18.5. The number of ether oxygens (including phenoxy) is 1.